The second-order valence-corrected chi connectivity index (χ2v) is 10.1. The van der Waals surface area contributed by atoms with Crippen molar-refractivity contribution in [3.05, 3.63) is 59.7 Å². The highest BCUT2D eigenvalue weighted by molar-refractivity contribution is 5.68. The number of amides is 1. The molecule has 0 radical (unpaired) electrons. The van der Waals surface area contributed by atoms with Gasteiger partial charge in [0.2, 0.25) is 0 Å². The Bertz CT molecular complexity index is 905. The van der Waals surface area contributed by atoms with Gasteiger partial charge in [0.25, 0.3) is 0 Å². The lowest BCUT2D eigenvalue weighted by atomic mass is 10.00. The Morgan fingerprint density at radius 2 is 1.82 bits per heavy atom. The van der Waals surface area contributed by atoms with Crippen LogP contribution in [0.3, 0.4) is 0 Å². The van der Waals surface area contributed by atoms with Crippen molar-refractivity contribution < 1.29 is 19.0 Å². The quantitative estimate of drug-likeness (QED) is 0.360. The van der Waals surface area contributed by atoms with Gasteiger partial charge in [-0.3, -0.25) is 0 Å². The van der Waals surface area contributed by atoms with Crippen LogP contribution in [0.5, 0.6) is 11.5 Å². The standard InChI is InChI=1S/C29H41NO4/c1-29(2,3)34-28(31)30-20-10-9-16-25(30)19-21-33-27-18-8-7-15-24(27)14-6-5-12-23-13-11-17-26(22-23)32-4/h7-8,11,13,15,17-18,22,25H,5-6,9-10,12,14,16,19-21H2,1-4H3. The summed E-state index contributed by atoms with van der Waals surface area (Å²) in [4.78, 5) is 14.6. The van der Waals surface area contributed by atoms with Crippen molar-refractivity contribution in [1.82, 2.24) is 4.90 Å². The van der Waals surface area contributed by atoms with Crippen LogP contribution in [0.25, 0.3) is 0 Å². The van der Waals surface area contributed by atoms with Crippen LogP contribution in [0.4, 0.5) is 4.79 Å². The minimum absolute atomic E-state index is 0.179. The first kappa shape index (κ1) is 25.9. The minimum atomic E-state index is -0.471. The smallest absolute Gasteiger partial charge is 0.410 e. The van der Waals surface area contributed by atoms with Gasteiger partial charge in [0, 0.05) is 19.0 Å². The number of methoxy groups -OCH3 is 1. The number of carbonyl (C=O) groups excluding carboxylic acids is 1. The van der Waals surface area contributed by atoms with Gasteiger partial charge in [-0.15, -0.1) is 0 Å². The number of likely N-dealkylation sites (tertiary alicyclic amines) is 1. The number of unbranched alkanes of at least 4 members (excludes halogenated alkanes) is 1. The number of ether oxygens (including phenoxy) is 3. The van der Waals surface area contributed by atoms with Crippen molar-refractivity contribution >= 4 is 6.09 Å². The molecule has 0 N–H and O–H groups in total. The first-order chi connectivity index (χ1) is 16.4. The summed E-state index contributed by atoms with van der Waals surface area (Å²) in [6, 6.07) is 16.8. The van der Waals surface area contributed by atoms with Crippen LogP contribution in [0.1, 0.15) is 70.4 Å². The van der Waals surface area contributed by atoms with E-state index in [4.69, 9.17) is 14.2 Å². The lowest BCUT2D eigenvalue weighted by Gasteiger charge is -2.36. The molecule has 1 aliphatic heterocycles. The molecule has 1 heterocycles. The number of aryl methyl sites for hydroxylation is 2. The van der Waals surface area contributed by atoms with Gasteiger partial charge in [0.15, 0.2) is 0 Å². The molecule has 2 aromatic rings. The summed E-state index contributed by atoms with van der Waals surface area (Å²) in [5, 5.41) is 0. The van der Waals surface area contributed by atoms with Crippen LogP contribution >= 0.6 is 0 Å². The molecule has 1 fully saturated rings. The van der Waals surface area contributed by atoms with Crippen LogP contribution in [-0.2, 0) is 17.6 Å². The SMILES string of the molecule is COc1cccc(CCCCc2ccccc2OCCC2CCCCN2C(=O)OC(C)(C)C)c1. The highest BCUT2D eigenvalue weighted by atomic mass is 16.6. The maximum Gasteiger partial charge on any atom is 0.410 e. The molecule has 5 heteroatoms. The Kier molecular flexibility index (Phi) is 9.67. The van der Waals surface area contributed by atoms with Crippen LogP contribution < -0.4 is 9.47 Å². The highest BCUT2D eigenvalue weighted by Gasteiger charge is 2.30. The van der Waals surface area contributed by atoms with Crippen molar-refractivity contribution in [1.29, 1.82) is 0 Å². The number of rotatable bonds is 10. The molecule has 1 amide bonds. The molecule has 0 spiro atoms. The van der Waals surface area contributed by atoms with Gasteiger partial charge in [0.1, 0.15) is 17.1 Å². The van der Waals surface area contributed by atoms with E-state index in [0.717, 1.165) is 69.4 Å². The maximum absolute atomic E-state index is 12.7. The van der Waals surface area contributed by atoms with Crippen molar-refractivity contribution in [2.24, 2.45) is 0 Å². The molecule has 186 valence electrons. The number of carbonyl (C=O) groups is 1. The molecule has 0 aromatic heterocycles. The summed E-state index contributed by atoms with van der Waals surface area (Å²) in [5.41, 5.74) is 2.09. The van der Waals surface area contributed by atoms with Gasteiger partial charge in [-0.05, 0) is 95.0 Å². The van der Waals surface area contributed by atoms with E-state index < -0.39 is 5.60 Å². The van der Waals surface area contributed by atoms with E-state index >= 15 is 0 Å². The maximum atomic E-state index is 12.7. The summed E-state index contributed by atoms with van der Waals surface area (Å²) in [6.45, 7) is 7.12. The fraction of sp³-hybridized carbons (Fsp3) is 0.552. The molecule has 2 aromatic carbocycles. The normalized spacial score (nSPS) is 16.2. The lowest BCUT2D eigenvalue weighted by Crippen LogP contribution is -2.46. The lowest BCUT2D eigenvalue weighted by molar-refractivity contribution is 0.00742. The number of piperidine rings is 1. The Balaban J connectivity index is 1.47. The molecule has 34 heavy (non-hydrogen) atoms. The van der Waals surface area contributed by atoms with Crippen molar-refractivity contribution in [2.75, 3.05) is 20.3 Å². The van der Waals surface area contributed by atoms with E-state index in [9.17, 15) is 4.79 Å². The molecule has 0 bridgehead atoms. The first-order valence-corrected chi connectivity index (χ1v) is 12.7. The van der Waals surface area contributed by atoms with Crippen molar-refractivity contribution in [3.63, 3.8) is 0 Å². The third kappa shape index (κ3) is 8.27. The molecule has 3 rings (SSSR count). The molecule has 1 unspecified atom stereocenters. The number of para-hydroxylation sites is 1. The third-order valence-electron chi connectivity index (χ3n) is 6.23. The zero-order chi connectivity index (χ0) is 24.4. The summed E-state index contributed by atoms with van der Waals surface area (Å²) in [5.74, 6) is 1.88. The Labute approximate surface area is 205 Å². The highest BCUT2D eigenvalue weighted by Crippen LogP contribution is 2.25. The molecular weight excluding hydrogens is 426 g/mol. The molecule has 5 nitrogen and oxygen atoms in total. The van der Waals surface area contributed by atoms with E-state index in [1.807, 2.05) is 43.9 Å². The van der Waals surface area contributed by atoms with Gasteiger partial charge in [0.05, 0.1) is 13.7 Å². The molecule has 0 aliphatic carbocycles. The van der Waals surface area contributed by atoms with Crippen molar-refractivity contribution in [2.45, 2.75) is 83.8 Å². The Hall–Kier alpha value is -2.69. The van der Waals surface area contributed by atoms with E-state index in [1.54, 1.807) is 7.11 Å². The second kappa shape index (κ2) is 12.7. The summed E-state index contributed by atoms with van der Waals surface area (Å²) in [7, 11) is 1.71. The van der Waals surface area contributed by atoms with E-state index in [2.05, 4.69) is 30.3 Å². The van der Waals surface area contributed by atoms with Crippen LogP contribution in [-0.4, -0.2) is 42.9 Å². The zero-order valence-electron chi connectivity index (χ0n) is 21.3. The number of hydrogen-bond acceptors (Lipinski definition) is 4. The summed E-state index contributed by atoms with van der Waals surface area (Å²) < 4.78 is 17.2. The van der Waals surface area contributed by atoms with Crippen LogP contribution in [0.2, 0.25) is 0 Å². The summed E-state index contributed by atoms with van der Waals surface area (Å²) >= 11 is 0. The fourth-order valence-electron chi connectivity index (χ4n) is 4.49. The number of nitrogens with zero attached hydrogens (tertiary/aromatic N) is 1. The van der Waals surface area contributed by atoms with Gasteiger partial charge >= 0.3 is 6.09 Å². The monoisotopic (exact) mass is 467 g/mol. The summed E-state index contributed by atoms with van der Waals surface area (Å²) in [6.07, 6.45) is 8.08. The van der Waals surface area contributed by atoms with E-state index in [-0.39, 0.29) is 12.1 Å². The van der Waals surface area contributed by atoms with Gasteiger partial charge in [-0.25, -0.2) is 4.79 Å². The Morgan fingerprint density at radius 1 is 1.03 bits per heavy atom. The first-order valence-electron chi connectivity index (χ1n) is 12.7. The predicted molar refractivity (Wildman–Crippen MR) is 137 cm³/mol. The topological polar surface area (TPSA) is 48.0 Å². The van der Waals surface area contributed by atoms with Crippen molar-refractivity contribution in [3.8, 4) is 11.5 Å². The third-order valence-corrected chi connectivity index (χ3v) is 6.23. The van der Waals surface area contributed by atoms with Crippen LogP contribution in [0.15, 0.2) is 48.5 Å². The minimum Gasteiger partial charge on any atom is -0.497 e. The van der Waals surface area contributed by atoms with E-state index in [0.29, 0.717) is 6.61 Å². The van der Waals surface area contributed by atoms with Gasteiger partial charge in [-0.2, -0.15) is 0 Å². The zero-order valence-corrected chi connectivity index (χ0v) is 21.3. The van der Waals surface area contributed by atoms with E-state index in [1.165, 1.54) is 11.1 Å². The predicted octanol–water partition coefficient (Wildman–Crippen LogP) is 6.82. The number of hydrogen-bond donors (Lipinski definition) is 0. The molecular formula is C29H41NO4. The van der Waals surface area contributed by atoms with Crippen LogP contribution in [0, 0.1) is 0 Å². The fourth-order valence-corrected chi connectivity index (χ4v) is 4.49. The average molecular weight is 468 g/mol. The largest absolute Gasteiger partial charge is 0.497 e. The molecule has 1 atom stereocenters. The molecule has 1 saturated heterocycles. The number of benzene rings is 2. The Morgan fingerprint density at radius 3 is 2.62 bits per heavy atom. The molecule has 1 aliphatic rings. The molecule has 0 saturated carbocycles. The van der Waals surface area contributed by atoms with Gasteiger partial charge in [-0.1, -0.05) is 30.3 Å². The second-order valence-electron chi connectivity index (χ2n) is 10.1. The van der Waals surface area contributed by atoms with Gasteiger partial charge < -0.3 is 19.1 Å². The average Bonchev–Trinajstić information content (AvgIpc) is 2.82.